The summed E-state index contributed by atoms with van der Waals surface area (Å²) in [7, 11) is 0. The largest absolute Gasteiger partial charge is 0.487 e. The van der Waals surface area contributed by atoms with Gasteiger partial charge < -0.3 is 49.3 Å². The van der Waals surface area contributed by atoms with Gasteiger partial charge in [-0.2, -0.15) is 0 Å². The van der Waals surface area contributed by atoms with E-state index in [1.807, 2.05) is 76.2 Å². The van der Waals surface area contributed by atoms with Crippen molar-refractivity contribution in [3.63, 3.8) is 0 Å². The van der Waals surface area contributed by atoms with Crippen LogP contribution in [0.4, 0.5) is 0 Å². The zero-order chi connectivity index (χ0) is 29.0. The van der Waals surface area contributed by atoms with Crippen LogP contribution in [0.1, 0.15) is 27.7 Å². The Morgan fingerprint density at radius 2 is 0.850 bits per heavy atom. The molecule has 4 N–H and O–H groups in total. The van der Waals surface area contributed by atoms with Crippen molar-refractivity contribution in [2.75, 3.05) is 65.9 Å². The van der Waals surface area contributed by atoms with Gasteiger partial charge in [-0.3, -0.25) is 0 Å². The van der Waals surface area contributed by atoms with Crippen LogP contribution in [0.25, 0.3) is 0 Å². The normalized spacial score (nSPS) is 12.9. The Hall–Kier alpha value is -2.60. The number of rotatable bonds is 23. The molecule has 0 aromatic heterocycles. The summed E-state index contributed by atoms with van der Waals surface area (Å²) in [5, 5.41) is 26.5. The summed E-state index contributed by atoms with van der Waals surface area (Å²) in [4.78, 5) is 0. The summed E-state index contributed by atoms with van der Waals surface area (Å²) in [6.45, 7) is 11.8. The van der Waals surface area contributed by atoms with E-state index >= 15 is 0 Å². The summed E-state index contributed by atoms with van der Waals surface area (Å²) < 4.78 is 34.2. The molecule has 0 amide bonds. The van der Waals surface area contributed by atoms with Crippen LogP contribution in [0.5, 0.6) is 23.0 Å². The lowest BCUT2D eigenvalue weighted by Gasteiger charge is -2.17. The minimum absolute atomic E-state index is 0.176. The molecule has 10 heteroatoms. The van der Waals surface area contributed by atoms with Gasteiger partial charge in [0.05, 0.1) is 26.4 Å². The topological polar surface area (TPSA) is 120 Å². The number of aliphatic hydroxyl groups is 2. The molecule has 2 aromatic rings. The van der Waals surface area contributed by atoms with E-state index in [1.54, 1.807) is 0 Å². The number of benzene rings is 2. The first-order valence-electron chi connectivity index (χ1n) is 14.0. The molecule has 2 aromatic carbocycles. The lowest BCUT2D eigenvalue weighted by molar-refractivity contribution is 0.0264. The fourth-order valence-corrected chi connectivity index (χ4v) is 3.35. The van der Waals surface area contributed by atoms with Gasteiger partial charge in [-0.05, 0) is 24.3 Å². The molecule has 0 saturated heterocycles. The Morgan fingerprint density at radius 3 is 1.20 bits per heavy atom. The number of para-hydroxylation sites is 4. The number of ether oxygens (including phenoxy) is 6. The molecule has 0 aliphatic rings. The van der Waals surface area contributed by atoms with Crippen molar-refractivity contribution in [1.82, 2.24) is 10.6 Å². The van der Waals surface area contributed by atoms with Crippen LogP contribution >= 0.6 is 0 Å². The van der Waals surface area contributed by atoms with Gasteiger partial charge in [-0.25, -0.2) is 0 Å². The first kappa shape index (κ1) is 33.6. The zero-order valence-electron chi connectivity index (χ0n) is 24.3. The first-order valence-corrected chi connectivity index (χ1v) is 14.0. The van der Waals surface area contributed by atoms with E-state index in [0.717, 1.165) is 0 Å². The van der Waals surface area contributed by atoms with Gasteiger partial charge >= 0.3 is 0 Å². The monoisotopic (exact) mass is 564 g/mol. The fraction of sp³-hybridized carbons (Fsp3) is 0.600. The van der Waals surface area contributed by atoms with Crippen molar-refractivity contribution in [3.05, 3.63) is 48.5 Å². The first-order chi connectivity index (χ1) is 19.3. The second-order valence-electron chi connectivity index (χ2n) is 9.87. The van der Waals surface area contributed by atoms with Crippen LogP contribution in [-0.4, -0.2) is 100 Å². The fourth-order valence-electron chi connectivity index (χ4n) is 3.35. The van der Waals surface area contributed by atoms with Crippen LogP contribution in [-0.2, 0) is 9.47 Å². The second kappa shape index (κ2) is 20.3. The minimum atomic E-state index is -0.608. The SMILES string of the molecule is CC(C)NC[C@H](O)COc1ccccc1OCCOCCOCCOc1ccccc1OC[C@@H](O)CNC(C)C. The smallest absolute Gasteiger partial charge is 0.161 e. The molecule has 0 bridgehead atoms. The maximum atomic E-state index is 10.1. The van der Waals surface area contributed by atoms with Crippen LogP contribution in [0.15, 0.2) is 48.5 Å². The number of aliphatic hydroxyl groups excluding tert-OH is 2. The van der Waals surface area contributed by atoms with Crippen LogP contribution in [0, 0.1) is 0 Å². The van der Waals surface area contributed by atoms with Crippen molar-refractivity contribution in [2.45, 2.75) is 52.0 Å². The van der Waals surface area contributed by atoms with Gasteiger partial charge in [0, 0.05) is 25.2 Å². The van der Waals surface area contributed by atoms with Crippen molar-refractivity contribution in [1.29, 1.82) is 0 Å². The van der Waals surface area contributed by atoms with Gasteiger partial charge in [-0.1, -0.05) is 52.0 Å². The minimum Gasteiger partial charge on any atom is -0.487 e. The summed E-state index contributed by atoms with van der Waals surface area (Å²) >= 11 is 0. The number of hydrogen-bond donors (Lipinski definition) is 4. The molecule has 2 rings (SSSR count). The van der Waals surface area contributed by atoms with E-state index in [9.17, 15) is 10.2 Å². The lowest BCUT2D eigenvalue weighted by atomic mass is 10.3. The third-order valence-electron chi connectivity index (χ3n) is 5.43. The Balaban J connectivity index is 1.54. The Labute approximate surface area is 238 Å². The highest BCUT2D eigenvalue weighted by Crippen LogP contribution is 2.27. The molecule has 40 heavy (non-hydrogen) atoms. The predicted octanol–water partition coefficient (Wildman–Crippen LogP) is 2.65. The third-order valence-corrected chi connectivity index (χ3v) is 5.43. The molecule has 0 heterocycles. The highest BCUT2D eigenvalue weighted by molar-refractivity contribution is 5.40. The van der Waals surface area contributed by atoms with Gasteiger partial charge in [0.2, 0.25) is 0 Å². The van der Waals surface area contributed by atoms with Crippen LogP contribution in [0.2, 0.25) is 0 Å². The predicted molar refractivity (Wildman–Crippen MR) is 155 cm³/mol. The maximum Gasteiger partial charge on any atom is 0.161 e. The number of hydrogen-bond acceptors (Lipinski definition) is 10. The van der Waals surface area contributed by atoms with Crippen molar-refractivity contribution >= 4 is 0 Å². The molecular formula is C30H48N2O8. The second-order valence-corrected chi connectivity index (χ2v) is 9.87. The summed E-state index contributed by atoms with van der Waals surface area (Å²) in [6.07, 6.45) is -1.22. The average molecular weight is 565 g/mol. The molecule has 0 aliphatic heterocycles. The summed E-state index contributed by atoms with van der Waals surface area (Å²) in [6, 6.07) is 15.3. The molecule has 226 valence electrons. The summed E-state index contributed by atoms with van der Waals surface area (Å²) in [5.74, 6) is 2.38. The number of nitrogens with one attached hydrogen (secondary N) is 2. The van der Waals surface area contributed by atoms with E-state index in [-0.39, 0.29) is 13.2 Å². The highest BCUT2D eigenvalue weighted by atomic mass is 16.6. The Kier molecular flexibility index (Phi) is 17.1. The van der Waals surface area contributed by atoms with E-state index in [1.165, 1.54) is 0 Å². The van der Waals surface area contributed by atoms with Gasteiger partial charge in [0.25, 0.3) is 0 Å². The van der Waals surface area contributed by atoms with Crippen molar-refractivity contribution < 1.29 is 38.6 Å². The van der Waals surface area contributed by atoms with Crippen molar-refractivity contribution in [3.8, 4) is 23.0 Å². The van der Waals surface area contributed by atoms with E-state index < -0.39 is 12.2 Å². The van der Waals surface area contributed by atoms with Crippen molar-refractivity contribution in [2.24, 2.45) is 0 Å². The van der Waals surface area contributed by atoms with E-state index in [4.69, 9.17) is 28.4 Å². The standard InChI is InChI=1S/C30H48N2O8/c1-23(2)31-19-25(33)21-39-29-11-7-5-9-27(29)37-17-15-35-13-14-36-16-18-38-28-10-6-8-12-30(28)40-22-26(34)20-32-24(3)4/h5-12,23-26,31-34H,13-22H2,1-4H3/t25-,26-/m0/s1. The van der Waals surface area contributed by atoms with Gasteiger partial charge in [0.15, 0.2) is 23.0 Å². The molecule has 0 aliphatic carbocycles. The molecule has 2 atom stereocenters. The Bertz CT molecular complexity index is 841. The van der Waals surface area contributed by atoms with E-state index in [2.05, 4.69) is 10.6 Å². The van der Waals surface area contributed by atoms with Gasteiger partial charge in [-0.15, -0.1) is 0 Å². The highest BCUT2D eigenvalue weighted by Gasteiger charge is 2.11. The molecule has 0 fully saturated rings. The molecule has 0 radical (unpaired) electrons. The molecule has 0 spiro atoms. The van der Waals surface area contributed by atoms with Crippen LogP contribution < -0.4 is 29.6 Å². The Morgan fingerprint density at radius 1 is 0.525 bits per heavy atom. The third kappa shape index (κ3) is 15.3. The zero-order valence-corrected chi connectivity index (χ0v) is 24.3. The molecular weight excluding hydrogens is 516 g/mol. The van der Waals surface area contributed by atoms with Crippen LogP contribution in [0.3, 0.4) is 0 Å². The molecule has 0 unspecified atom stereocenters. The molecule has 10 nitrogen and oxygen atoms in total. The summed E-state index contributed by atoms with van der Waals surface area (Å²) in [5.41, 5.74) is 0. The van der Waals surface area contributed by atoms with E-state index in [0.29, 0.717) is 87.8 Å². The average Bonchev–Trinajstić information content (AvgIpc) is 2.94. The lowest BCUT2D eigenvalue weighted by Crippen LogP contribution is -2.35. The molecule has 0 saturated carbocycles. The quantitative estimate of drug-likeness (QED) is 0.150. The van der Waals surface area contributed by atoms with Gasteiger partial charge in [0.1, 0.15) is 38.6 Å². The maximum absolute atomic E-state index is 10.1.